The summed E-state index contributed by atoms with van der Waals surface area (Å²) in [4.78, 5) is 2.33. The molecule has 0 fully saturated rings. The highest BCUT2D eigenvalue weighted by Crippen LogP contribution is 2.49. The first-order valence-corrected chi connectivity index (χ1v) is 9.63. The van der Waals surface area contributed by atoms with Crippen molar-refractivity contribution in [3.63, 3.8) is 0 Å². The Morgan fingerprint density at radius 1 is 1.25 bits per heavy atom. The molecule has 0 aliphatic carbocycles. The molecule has 3 aliphatic rings. The number of aromatic hydroxyl groups is 1. The molecule has 2 aromatic rings. The zero-order chi connectivity index (χ0) is 19.3. The van der Waals surface area contributed by atoms with Crippen LogP contribution >= 0.6 is 0 Å². The maximum Gasteiger partial charge on any atom is 0.231 e. The van der Waals surface area contributed by atoms with E-state index in [2.05, 4.69) is 30.0 Å². The lowest BCUT2D eigenvalue weighted by molar-refractivity contribution is 0.174. The summed E-state index contributed by atoms with van der Waals surface area (Å²) in [6, 6.07) is 7.73. The number of alkyl halides is 1. The molecule has 0 radical (unpaired) electrons. The Balaban J connectivity index is 1.61. The minimum atomic E-state index is -0.436. The molecule has 3 heterocycles. The van der Waals surface area contributed by atoms with E-state index in [4.69, 9.17) is 14.2 Å². The number of phenols is 1. The second-order valence-electron chi connectivity index (χ2n) is 7.32. The maximum atomic E-state index is 12.5. The highest BCUT2D eigenvalue weighted by atomic mass is 19.1. The summed E-state index contributed by atoms with van der Waals surface area (Å²) in [6.07, 6.45) is 3.35. The average molecular weight is 383 g/mol. The zero-order valence-corrected chi connectivity index (χ0v) is 15.7. The normalized spacial score (nSPS) is 18.9. The number of rotatable bonds is 4. The van der Waals surface area contributed by atoms with Crippen LogP contribution in [0, 0.1) is 0 Å². The lowest BCUT2D eigenvalue weighted by Gasteiger charge is -2.42. The lowest BCUT2D eigenvalue weighted by Crippen LogP contribution is -2.34. The molecule has 0 bridgehead atoms. The average Bonchev–Trinajstić information content (AvgIpc) is 3.16. The summed E-state index contributed by atoms with van der Waals surface area (Å²) < 4.78 is 29.4. The first-order chi connectivity index (χ1) is 13.7. The van der Waals surface area contributed by atoms with Crippen LogP contribution in [0.5, 0.6) is 23.0 Å². The molecule has 1 N–H and O–H groups in total. The third-order valence-corrected chi connectivity index (χ3v) is 5.72. The summed E-state index contributed by atoms with van der Waals surface area (Å²) in [5.41, 5.74) is 5.51. The van der Waals surface area contributed by atoms with Gasteiger partial charge in [-0.1, -0.05) is 6.07 Å². The number of ether oxygens (including phenoxy) is 3. The van der Waals surface area contributed by atoms with E-state index in [1.807, 2.05) is 6.07 Å². The molecule has 0 amide bonds. The van der Waals surface area contributed by atoms with Crippen LogP contribution in [0.2, 0.25) is 0 Å². The molecule has 0 saturated carbocycles. The van der Waals surface area contributed by atoms with E-state index >= 15 is 0 Å². The van der Waals surface area contributed by atoms with Crippen molar-refractivity contribution in [2.45, 2.75) is 25.8 Å². The maximum absolute atomic E-state index is 12.5. The fourth-order valence-corrected chi connectivity index (χ4v) is 4.35. The largest absolute Gasteiger partial charge is 0.504 e. The van der Waals surface area contributed by atoms with Crippen molar-refractivity contribution >= 4 is 11.8 Å². The Morgan fingerprint density at radius 3 is 2.89 bits per heavy atom. The van der Waals surface area contributed by atoms with Crippen LogP contribution in [-0.2, 0) is 6.42 Å². The molecular weight excluding hydrogens is 361 g/mol. The molecule has 0 aromatic heterocycles. The third kappa shape index (κ3) is 2.58. The molecule has 6 heteroatoms. The Bertz CT molecular complexity index is 971. The van der Waals surface area contributed by atoms with E-state index in [1.165, 1.54) is 5.56 Å². The second kappa shape index (κ2) is 6.62. The van der Waals surface area contributed by atoms with E-state index in [0.29, 0.717) is 12.2 Å². The molecule has 1 atom stereocenters. The van der Waals surface area contributed by atoms with Gasteiger partial charge in [0.2, 0.25) is 6.79 Å². The molecule has 0 spiro atoms. The topological polar surface area (TPSA) is 51.2 Å². The van der Waals surface area contributed by atoms with Gasteiger partial charge in [0.05, 0.1) is 19.3 Å². The number of hydrogen-bond donors (Lipinski definition) is 1. The molecule has 28 heavy (non-hydrogen) atoms. The van der Waals surface area contributed by atoms with Gasteiger partial charge in [0, 0.05) is 29.8 Å². The van der Waals surface area contributed by atoms with E-state index in [-0.39, 0.29) is 25.2 Å². The van der Waals surface area contributed by atoms with Crippen molar-refractivity contribution in [3.05, 3.63) is 46.5 Å². The van der Waals surface area contributed by atoms with Gasteiger partial charge < -0.3 is 24.2 Å². The molecule has 3 aliphatic heterocycles. The van der Waals surface area contributed by atoms with Crippen LogP contribution in [-0.4, -0.2) is 36.6 Å². The van der Waals surface area contributed by atoms with Gasteiger partial charge in [0.1, 0.15) is 0 Å². The monoisotopic (exact) mass is 383 g/mol. The second-order valence-corrected chi connectivity index (χ2v) is 7.32. The predicted octanol–water partition coefficient (Wildman–Crippen LogP) is 4.29. The fourth-order valence-electron chi connectivity index (χ4n) is 4.35. The molecule has 2 aromatic carbocycles. The van der Waals surface area contributed by atoms with Crippen molar-refractivity contribution in [3.8, 4) is 23.0 Å². The fraction of sp³-hybridized carbons (Fsp3) is 0.364. The number of phenolic OH excluding ortho intramolecular Hbond substituents is 1. The van der Waals surface area contributed by atoms with E-state index in [1.54, 1.807) is 6.07 Å². The van der Waals surface area contributed by atoms with E-state index in [9.17, 15) is 9.50 Å². The zero-order valence-electron chi connectivity index (χ0n) is 15.7. The van der Waals surface area contributed by atoms with Crippen LogP contribution < -0.4 is 14.2 Å². The molecule has 5 rings (SSSR count). The number of hydrogen-bond acceptors (Lipinski definition) is 5. The Kier molecular flexibility index (Phi) is 4.07. The van der Waals surface area contributed by atoms with Crippen molar-refractivity contribution in [1.29, 1.82) is 0 Å². The van der Waals surface area contributed by atoms with Crippen LogP contribution in [0.25, 0.3) is 11.8 Å². The SMILES string of the molecule is CC1c2c(ccc(O)c2OCCCF)C=C2c3cc4c(cc3CCN21)OCO4. The summed E-state index contributed by atoms with van der Waals surface area (Å²) >= 11 is 0. The van der Waals surface area contributed by atoms with Crippen molar-refractivity contribution in [2.24, 2.45) is 0 Å². The van der Waals surface area contributed by atoms with Crippen LogP contribution in [0.15, 0.2) is 24.3 Å². The highest BCUT2D eigenvalue weighted by Gasteiger charge is 2.34. The summed E-state index contributed by atoms with van der Waals surface area (Å²) in [5, 5.41) is 10.4. The van der Waals surface area contributed by atoms with Crippen LogP contribution in [0.3, 0.4) is 0 Å². The quantitative estimate of drug-likeness (QED) is 0.799. The molecule has 1 unspecified atom stereocenters. The van der Waals surface area contributed by atoms with Gasteiger partial charge in [-0.05, 0) is 48.7 Å². The summed E-state index contributed by atoms with van der Waals surface area (Å²) in [7, 11) is 0. The minimum absolute atomic E-state index is 0.0287. The highest BCUT2D eigenvalue weighted by molar-refractivity contribution is 5.87. The van der Waals surface area contributed by atoms with Gasteiger partial charge >= 0.3 is 0 Å². The Morgan fingerprint density at radius 2 is 2.07 bits per heavy atom. The lowest BCUT2D eigenvalue weighted by atomic mass is 9.86. The van der Waals surface area contributed by atoms with Crippen molar-refractivity contribution in [2.75, 3.05) is 26.6 Å². The first-order valence-electron chi connectivity index (χ1n) is 9.63. The molecule has 146 valence electrons. The Hall–Kier alpha value is -2.89. The Labute approximate surface area is 162 Å². The first kappa shape index (κ1) is 17.2. The van der Waals surface area contributed by atoms with E-state index < -0.39 is 6.67 Å². The number of fused-ring (bicyclic) bond motifs is 5. The summed E-state index contributed by atoms with van der Waals surface area (Å²) in [5.74, 6) is 2.15. The van der Waals surface area contributed by atoms with Gasteiger partial charge in [-0.2, -0.15) is 0 Å². The number of halogens is 1. The van der Waals surface area contributed by atoms with Gasteiger partial charge in [0.25, 0.3) is 0 Å². The van der Waals surface area contributed by atoms with Crippen molar-refractivity contribution in [1.82, 2.24) is 4.90 Å². The van der Waals surface area contributed by atoms with Crippen molar-refractivity contribution < 1.29 is 23.7 Å². The van der Waals surface area contributed by atoms with Gasteiger partial charge in [-0.15, -0.1) is 0 Å². The minimum Gasteiger partial charge on any atom is -0.504 e. The molecular formula is C22H22FNO4. The van der Waals surface area contributed by atoms with E-state index in [0.717, 1.165) is 46.9 Å². The van der Waals surface area contributed by atoms with Crippen LogP contribution in [0.1, 0.15) is 41.6 Å². The van der Waals surface area contributed by atoms with Gasteiger partial charge in [-0.3, -0.25) is 4.39 Å². The smallest absolute Gasteiger partial charge is 0.231 e. The number of nitrogens with zero attached hydrogens (tertiary/aromatic N) is 1. The standard InChI is InChI=1S/C22H22FNO4/c1-13-21-15(3-4-18(25)22(21)26-8-2-6-23)9-17-16-11-20-19(27-12-28-20)10-14(16)5-7-24(13)17/h3-4,9-11,13,25H,2,5-8,12H2,1H3. The molecule has 0 saturated heterocycles. The van der Waals surface area contributed by atoms with Gasteiger partial charge in [-0.25, -0.2) is 0 Å². The third-order valence-electron chi connectivity index (χ3n) is 5.72. The predicted molar refractivity (Wildman–Crippen MR) is 103 cm³/mol. The number of benzene rings is 2. The molecule has 5 nitrogen and oxygen atoms in total. The van der Waals surface area contributed by atoms with Gasteiger partial charge in [0.15, 0.2) is 23.0 Å². The summed E-state index contributed by atoms with van der Waals surface area (Å²) in [6.45, 7) is 3.05. The van der Waals surface area contributed by atoms with Crippen LogP contribution in [0.4, 0.5) is 4.39 Å².